The van der Waals surface area contributed by atoms with E-state index in [1.54, 1.807) is 23.5 Å². The summed E-state index contributed by atoms with van der Waals surface area (Å²) in [6.45, 7) is 4.15. The molecule has 1 aliphatic rings. The number of nitriles is 1. The minimum atomic E-state index is -0.409. The zero-order valence-corrected chi connectivity index (χ0v) is 13.3. The third-order valence-corrected chi connectivity index (χ3v) is 4.73. The third-order valence-electron chi connectivity index (χ3n) is 4.00. The van der Waals surface area contributed by atoms with Crippen LogP contribution in [0.1, 0.15) is 11.1 Å². The highest BCUT2D eigenvalue weighted by Gasteiger charge is 2.24. The predicted octanol–water partition coefficient (Wildman–Crippen LogP) is 2.85. The number of nitrogens with zero attached hydrogens (tertiary/aromatic N) is 4. The van der Waals surface area contributed by atoms with E-state index < -0.39 is 4.92 Å². The first-order valence-corrected chi connectivity index (χ1v) is 8.28. The normalized spacial score (nSPS) is 15.3. The minimum Gasteiger partial charge on any atom is -0.363 e. The number of benzene rings is 1. The highest BCUT2D eigenvalue weighted by Crippen LogP contribution is 2.30. The second kappa shape index (κ2) is 6.77. The first-order chi connectivity index (χ1) is 11.2. The average Bonchev–Trinajstić information content (AvgIpc) is 3.08. The summed E-state index contributed by atoms with van der Waals surface area (Å²) in [6.07, 6.45) is 0. The van der Waals surface area contributed by atoms with E-state index in [0.717, 1.165) is 32.7 Å². The number of piperazine rings is 1. The Morgan fingerprint density at radius 1 is 1.26 bits per heavy atom. The quantitative estimate of drug-likeness (QED) is 0.637. The Bertz CT molecular complexity index is 731. The van der Waals surface area contributed by atoms with Gasteiger partial charge in [0.05, 0.1) is 16.6 Å². The maximum Gasteiger partial charge on any atom is 0.293 e. The second-order valence-corrected chi connectivity index (χ2v) is 6.25. The summed E-state index contributed by atoms with van der Waals surface area (Å²) in [4.78, 5) is 15.2. The van der Waals surface area contributed by atoms with Crippen molar-refractivity contribution in [3.63, 3.8) is 0 Å². The number of anilines is 1. The third kappa shape index (κ3) is 3.50. The first-order valence-electron chi connectivity index (χ1n) is 7.34. The van der Waals surface area contributed by atoms with E-state index in [4.69, 9.17) is 5.26 Å². The van der Waals surface area contributed by atoms with Gasteiger partial charge in [-0.25, -0.2) is 0 Å². The highest BCUT2D eigenvalue weighted by molar-refractivity contribution is 7.07. The Morgan fingerprint density at radius 2 is 2.04 bits per heavy atom. The summed E-state index contributed by atoms with van der Waals surface area (Å²) in [5.74, 6) is 0. The average molecular weight is 328 g/mol. The largest absolute Gasteiger partial charge is 0.363 e. The van der Waals surface area contributed by atoms with Crippen molar-refractivity contribution in [1.29, 1.82) is 5.26 Å². The fraction of sp³-hybridized carbons (Fsp3) is 0.312. The van der Waals surface area contributed by atoms with Gasteiger partial charge in [-0.3, -0.25) is 15.0 Å². The van der Waals surface area contributed by atoms with E-state index in [-0.39, 0.29) is 5.69 Å². The van der Waals surface area contributed by atoms with Gasteiger partial charge in [0.1, 0.15) is 5.69 Å². The lowest BCUT2D eigenvalue weighted by Crippen LogP contribution is -2.46. The maximum absolute atomic E-state index is 11.3. The molecule has 6 nitrogen and oxygen atoms in total. The molecule has 0 spiro atoms. The van der Waals surface area contributed by atoms with E-state index in [0.29, 0.717) is 11.3 Å². The van der Waals surface area contributed by atoms with Crippen LogP contribution in [-0.2, 0) is 6.54 Å². The van der Waals surface area contributed by atoms with Crippen molar-refractivity contribution >= 4 is 22.7 Å². The minimum absolute atomic E-state index is 0.00957. The van der Waals surface area contributed by atoms with Crippen LogP contribution < -0.4 is 4.90 Å². The molecule has 3 rings (SSSR count). The number of thiophene rings is 1. The number of rotatable bonds is 4. The maximum atomic E-state index is 11.3. The molecule has 2 heterocycles. The lowest BCUT2D eigenvalue weighted by Gasteiger charge is -2.35. The van der Waals surface area contributed by atoms with Crippen molar-refractivity contribution in [3.05, 3.63) is 56.3 Å². The van der Waals surface area contributed by atoms with Gasteiger partial charge in [0.15, 0.2) is 0 Å². The van der Waals surface area contributed by atoms with E-state index in [2.05, 4.69) is 21.7 Å². The van der Waals surface area contributed by atoms with Crippen LogP contribution in [-0.4, -0.2) is 36.0 Å². The number of nitro benzene ring substituents is 1. The molecular formula is C16H16N4O2S. The zero-order valence-electron chi connectivity index (χ0n) is 12.5. The molecule has 0 atom stereocenters. The van der Waals surface area contributed by atoms with Gasteiger partial charge in [0.25, 0.3) is 5.69 Å². The fourth-order valence-corrected chi connectivity index (χ4v) is 3.45. The van der Waals surface area contributed by atoms with Gasteiger partial charge in [0.2, 0.25) is 0 Å². The number of hydrogen-bond donors (Lipinski definition) is 0. The molecule has 0 bridgehead atoms. The zero-order chi connectivity index (χ0) is 16.2. The molecule has 1 fully saturated rings. The Kier molecular flexibility index (Phi) is 4.55. The molecule has 0 saturated carbocycles. The standard InChI is InChI=1S/C16H16N4O2S/c17-10-13-1-2-15(16(9-13)20(21)22)19-6-4-18(5-7-19)11-14-3-8-23-12-14/h1-3,8-9,12H,4-7,11H2. The monoisotopic (exact) mass is 328 g/mol. The van der Waals surface area contributed by atoms with Gasteiger partial charge in [-0.2, -0.15) is 16.6 Å². The molecule has 2 aromatic rings. The molecule has 0 unspecified atom stereocenters. The smallest absolute Gasteiger partial charge is 0.293 e. The van der Waals surface area contributed by atoms with E-state index >= 15 is 0 Å². The van der Waals surface area contributed by atoms with Gasteiger partial charge in [-0.15, -0.1) is 0 Å². The molecule has 23 heavy (non-hydrogen) atoms. The van der Waals surface area contributed by atoms with E-state index in [1.807, 2.05) is 11.0 Å². The van der Waals surface area contributed by atoms with Crippen LogP contribution in [0, 0.1) is 21.4 Å². The van der Waals surface area contributed by atoms with Crippen molar-refractivity contribution in [2.24, 2.45) is 0 Å². The van der Waals surface area contributed by atoms with Crippen LogP contribution in [0.25, 0.3) is 0 Å². The van der Waals surface area contributed by atoms with Gasteiger partial charge in [-0.1, -0.05) is 0 Å². The van der Waals surface area contributed by atoms with Crippen molar-refractivity contribution in [2.45, 2.75) is 6.54 Å². The van der Waals surface area contributed by atoms with E-state index in [9.17, 15) is 10.1 Å². The molecule has 0 radical (unpaired) electrons. The first kappa shape index (κ1) is 15.5. The van der Waals surface area contributed by atoms with Gasteiger partial charge < -0.3 is 4.90 Å². The molecule has 0 aliphatic carbocycles. The number of hydrogen-bond acceptors (Lipinski definition) is 6. The molecule has 7 heteroatoms. The topological polar surface area (TPSA) is 73.4 Å². The summed E-state index contributed by atoms with van der Waals surface area (Å²) in [7, 11) is 0. The Hall–Kier alpha value is -2.43. The molecule has 118 valence electrons. The van der Waals surface area contributed by atoms with Gasteiger partial charge in [0, 0.05) is 38.8 Å². The molecule has 1 aliphatic heterocycles. The summed E-state index contributed by atoms with van der Waals surface area (Å²) >= 11 is 1.70. The van der Waals surface area contributed by atoms with Crippen LogP contribution >= 0.6 is 11.3 Å². The van der Waals surface area contributed by atoms with Gasteiger partial charge >= 0.3 is 0 Å². The molecule has 0 N–H and O–H groups in total. The predicted molar refractivity (Wildman–Crippen MR) is 89.6 cm³/mol. The summed E-state index contributed by atoms with van der Waals surface area (Å²) in [6, 6.07) is 8.76. The van der Waals surface area contributed by atoms with Crippen molar-refractivity contribution in [3.8, 4) is 6.07 Å². The fourth-order valence-electron chi connectivity index (χ4n) is 2.79. The van der Waals surface area contributed by atoms with Crippen LogP contribution in [0.15, 0.2) is 35.0 Å². The van der Waals surface area contributed by atoms with Crippen LogP contribution in [0.4, 0.5) is 11.4 Å². The molecular weight excluding hydrogens is 312 g/mol. The molecule has 1 aromatic carbocycles. The highest BCUT2D eigenvalue weighted by atomic mass is 32.1. The lowest BCUT2D eigenvalue weighted by atomic mass is 10.1. The van der Waals surface area contributed by atoms with E-state index in [1.165, 1.54) is 11.6 Å². The second-order valence-electron chi connectivity index (χ2n) is 5.47. The van der Waals surface area contributed by atoms with Crippen LogP contribution in [0.5, 0.6) is 0 Å². The summed E-state index contributed by atoms with van der Waals surface area (Å²) < 4.78 is 0. The molecule has 0 amide bonds. The van der Waals surface area contributed by atoms with Crippen molar-refractivity contribution in [1.82, 2.24) is 4.90 Å². The Morgan fingerprint density at radius 3 is 2.65 bits per heavy atom. The summed E-state index contributed by atoms with van der Waals surface area (Å²) in [5.41, 5.74) is 2.24. The Balaban J connectivity index is 1.70. The van der Waals surface area contributed by atoms with Crippen LogP contribution in [0.3, 0.4) is 0 Å². The van der Waals surface area contributed by atoms with Crippen molar-refractivity contribution < 1.29 is 4.92 Å². The number of nitro groups is 1. The molecule has 1 aromatic heterocycles. The SMILES string of the molecule is N#Cc1ccc(N2CCN(Cc3ccsc3)CC2)c([N+](=O)[O-])c1. The van der Waals surface area contributed by atoms with Gasteiger partial charge in [-0.05, 0) is 34.5 Å². The summed E-state index contributed by atoms with van der Waals surface area (Å²) in [5, 5.41) is 24.4. The van der Waals surface area contributed by atoms with Crippen LogP contribution in [0.2, 0.25) is 0 Å². The van der Waals surface area contributed by atoms with Crippen molar-refractivity contribution in [2.75, 3.05) is 31.1 Å². The Labute approximate surface area is 138 Å². The lowest BCUT2D eigenvalue weighted by molar-refractivity contribution is -0.384. The molecule has 1 saturated heterocycles.